The second-order valence-electron chi connectivity index (χ2n) is 8.76. The van der Waals surface area contributed by atoms with E-state index in [1.807, 2.05) is 65.6 Å². The van der Waals surface area contributed by atoms with Crippen LogP contribution in [0.1, 0.15) is 46.1 Å². The van der Waals surface area contributed by atoms with Crippen molar-refractivity contribution in [2.75, 3.05) is 0 Å². The number of amides is 1. The fourth-order valence-corrected chi connectivity index (χ4v) is 5.21. The zero-order chi connectivity index (χ0) is 23.2. The van der Waals surface area contributed by atoms with Gasteiger partial charge in [0.15, 0.2) is 0 Å². The number of hydrogen-bond acceptors (Lipinski definition) is 1. The van der Waals surface area contributed by atoms with Gasteiger partial charge >= 0.3 is 0 Å². The molecule has 3 nitrogen and oxygen atoms in total. The van der Waals surface area contributed by atoms with Gasteiger partial charge in [0.2, 0.25) is 0 Å². The Hall–Kier alpha value is -4.18. The van der Waals surface area contributed by atoms with E-state index in [-0.39, 0.29) is 23.8 Å². The number of carbonyl (C=O) groups is 1. The molecule has 1 amide bonds. The number of carbonyl (C=O) groups excluding carboxylic acids is 1. The van der Waals surface area contributed by atoms with Gasteiger partial charge in [-0.15, -0.1) is 0 Å². The molecule has 2 atom stereocenters. The predicted molar refractivity (Wildman–Crippen MR) is 133 cm³/mol. The van der Waals surface area contributed by atoms with E-state index in [2.05, 4.69) is 30.1 Å². The third-order valence-electron chi connectivity index (χ3n) is 6.85. The fraction of sp³-hybridized carbons (Fsp3) is 0.100. The van der Waals surface area contributed by atoms with Crippen LogP contribution in [-0.4, -0.2) is 15.8 Å². The van der Waals surface area contributed by atoms with E-state index in [1.165, 1.54) is 12.1 Å². The molecule has 0 spiro atoms. The number of hydrogen-bond donors (Lipinski definition) is 1. The van der Waals surface area contributed by atoms with Gasteiger partial charge in [-0.05, 0) is 60.0 Å². The summed E-state index contributed by atoms with van der Waals surface area (Å²) in [5, 5.41) is 1.06. The highest BCUT2D eigenvalue weighted by atomic mass is 19.1. The highest BCUT2D eigenvalue weighted by Crippen LogP contribution is 2.48. The van der Waals surface area contributed by atoms with Crippen molar-refractivity contribution < 1.29 is 9.18 Å². The molecule has 4 heteroatoms. The lowest BCUT2D eigenvalue weighted by Crippen LogP contribution is -2.31. The third-order valence-corrected chi connectivity index (χ3v) is 6.85. The lowest BCUT2D eigenvalue weighted by Gasteiger charge is -2.32. The minimum absolute atomic E-state index is 0.0206. The van der Waals surface area contributed by atoms with Gasteiger partial charge in [0.05, 0.1) is 17.8 Å². The zero-order valence-electron chi connectivity index (χ0n) is 18.7. The summed E-state index contributed by atoms with van der Waals surface area (Å²) < 4.78 is 13.7. The Morgan fingerprint density at radius 3 is 2.29 bits per heavy atom. The fourth-order valence-electron chi connectivity index (χ4n) is 5.21. The van der Waals surface area contributed by atoms with E-state index in [1.54, 1.807) is 12.1 Å². The van der Waals surface area contributed by atoms with E-state index < -0.39 is 0 Å². The second-order valence-corrected chi connectivity index (χ2v) is 8.76. The van der Waals surface area contributed by atoms with Crippen molar-refractivity contribution in [3.8, 4) is 11.3 Å². The van der Waals surface area contributed by atoms with Crippen LogP contribution in [0.25, 0.3) is 22.2 Å². The van der Waals surface area contributed by atoms with Gasteiger partial charge in [-0.1, -0.05) is 66.7 Å². The first kappa shape index (κ1) is 20.4. The maximum absolute atomic E-state index is 13.8. The Kier molecular flexibility index (Phi) is 4.80. The van der Waals surface area contributed by atoms with E-state index in [9.17, 15) is 9.18 Å². The lowest BCUT2D eigenvalue weighted by atomic mass is 9.92. The van der Waals surface area contributed by atoms with E-state index in [0.29, 0.717) is 0 Å². The first-order valence-corrected chi connectivity index (χ1v) is 11.5. The Morgan fingerprint density at radius 1 is 0.824 bits per heavy atom. The maximum atomic E-state index is 13.8. The normalized spacial score (nSPS) is 16.1. The molecule has 1 aliphatic rings. The van der Waals surface area contributed by atoms with Crippen LogP contribution in [0.4, 0.5) is 4.39 Å². The summed E-state index contributed by atoms with van der Waals surface area (Å²) in [6, 6.07) is 32.2. The second kappa shape index (κ2) is 7.99. The van der Waals surface area contributed by atoms with E-state index in [4.69, 9.17) is 0 Å². The van der Waals surface area contributed by atoms with Gasteiger partial charge in [0.25, 0.3) is 5.91 Å². The number of aromatic nitrogens is 1. The quantitative estimate of drug-likeness (QED) is 0.309. The van der Waals surface area contributed by atoms with Gasteiger partial charge in [-0.25, -0.2) is 4.39 Å². The Balaban J connectivity index is 1.62. The number of nitrogens with one attached hydrogen (secondary N) is 1. The van der Waals surface area contributed by atoms with Crippen molar-refractivity contribution in [3.63, 3.8) is 0 Å². The molecule has 0 saturated carbocycles. The number of halogens is 1. The molecule has 4 aromatic carbocycles. The predicted octanol–water partition coefficient (Wildman–Crippen LogP) is 7.28. The van der Waals surface area contributed by atoms with Crippen LogP contribution >= 0.6 is 0 Å². The summed E-state index contributed by atoms with van der Waals surface area (Å²) in [5.74, 6) is -0.255. The van der Waals surface area contributed by atoms with Crippen LogP contribution in [0.15, 0.2) is 103 Å². The summed E-state index contributed by atoms with van der Waals surface area (Å²) in [6.07, 6.45) is 0. The molecular weight excluding hydrogens is 423 g/mol. The van der Waals surface area contributed by atoms with Crippen molar-refractivity contribution in [2.24, 2.45) is 0 Å². The van der Waals surface area contributed by atoms with Crippen molar-refractivity contribution in [2.45, 2.75) is 19.0 Å². The summed E-state index contributed by atoms with van der Waals surface area (Å²) in [4.78, 5) is 19.4. The number of fused-ring (bicyclic) bond motifs is 2. The Bertz CT molecular complexity index is 1500. The third kappa shape index (κ3) is 3.14. The Labute approximate surface area is 197 Å². The van der Waals surface area contributed by atoms with Crippen molar-refractivity contribution >= 4 is 16.8 Å². The molecule has 0 radical (unpaired) electrons. The number of rotatable bonds is 4. The summed E-state index contributed by atoms with van der Waals surface area (Å²) in [7, 11) is 0. The summed E-state index contributed by atoms with van der Waals surface area (Å²) >= 11 is 0. The van der Waals surface area contributed by atoms with Crippen LogP contribution in [0.2, 0.25) is 0 Å². The first-order valence-electron chi connectivity index (χ1n) is 11.5. The zero-order valence-corrected chi connectivity index (χ0v) is 18.7. The van der Waals surface area contributed by atoms with Crippen molar-refractivity contribution in [1.29, 1.82) is 0 Å². The van der Waals surface area contributed by atoms with E-state index >= 15 is 0 Å². The van der Waals surface area contributed by atoms with Crippen molar-refractivity contribution in [3.05, 3.63) is 131 Å². The molecule has 1 aliphatic heterocycles. The van der Waals surface area contributed by atoms with Crippen molar-refractivity contribution in [1.82, 2.24) is 9.88 Å². The minimum Gasteiger partial charge on any atom is -0.354 e. The highest BCUT2D eigenvalue weighted by Gasteiger charge is 2.42. The van der Waals surface area contributed by atoms with Gasteiger partial charge in [0, 0.05) is 22.0 Å². The van der Waals surface area contributed by atoms with Gasteiger partial charge in [0.1, 0.15) is 5.82 Å². The molecule has 0 aliphatic carbocycles. The molecule has 34 heavy (non-hydrogen) atoms. The molecule has 0 saturated heterocycles. The molecule has 6 rings (SSSR count). The average Bonchev–Trinajstić information content (AvgIpc) is 3.40. The number of nitrogens with zero attached hydrogens (tertiary/aromatic N) is 1. The average molecular weight is 447 g/mol. The Morgan fingerprint density at radius 2 is 1.50 bits per heavy atom. The van der Waals surface area contributed by atoms with Crippen LogP contribution in [0, 0.1) is 5.82 Å². The standard InChI is InChI=1S/C30H23FN2O/c1-19(20-9-3-2-4-10-20)33-29(23-11-5-6-12-24(23)30(33)34)27-25-13-7-8-14-26(25)32-28(27)21-15-17-22(31)18-16-21/h2-19,29,32H,1H3. The molecule has 2 heterocycles. The van der Waals surface area contributed by atoms with Crippen LogP contribution in [0.5, 0.6) is 0 Å². The summed E-state index contributed by atoms with van der Waals surface area (Å²) in [5.41, 5.74) is 6.60. The minimum atomic E-state index is -0.282. The van der Waals surface area contributed by atoms with Crippen LogP contribution in [0.3, 0.4) is 0 Å². The maximum Gasteiger partial charge on any atom is 0.255 e. The van der Waals surface area contributed by atoms with Gasteiger partial charge in [-0.2, -0.15) is 0 Å². The highest BCUT2D eigenvalue weighted by molar-refractivity contribution is 6.02. The summed E-state index contributed by atoms with van der Waals surface area (Å²) in [6.45, 7) is 2.08. The molecule has 1 aromatic heterocycles. The smallest absolute Gasteiger partial charge is 0.255 e. The van der Waals surface area contributed by atoms with Gasteiger partial charge < -0.3 is 9.88 Å². The largest absolute Gasteiger partial charge is 0.354 e. The number of H-pyrrole nitrogens is 1. The van der Waals surface area contributed by atoms with Crippen LogP contribution < -0.4 is 0 Å². The topological polar surface area (TPSA) is 36.1 Å². The van der Waals surface area contributed by atoms with E-state index in [0.717, 1.165) is 44.4 Å². The SMILES string of the molecule is CC(c1ccccc1)N1C(=O)c2ccccc2C1c1c(-c2ccc(F)cc2)[nH]c2ccccc12. The van der Waals surface area contributed by atoms with Gasteiger partial charge in [-0.3, -0.25) is 4.79 Å². The number of aromatic amines is 1. The van der Waals surface area contributed by atoms with Crippen LogP contribution in [-0.2, 0) is 0 Å². The molecule has 0 bridgehead atoms. The first-order chi connectivity index (χ1) is 16.6. The molecule has 0 fully saturated rings. The number of para-hydroxylation sites is 1. The monoisotopic (exact) mass is 446 g/mol. The molecular formula is C30H23FN2O. The molecule has 2 unspecified atom stereocenters. The molecule has 1 N–H and O–H groups in total. The molecule has 166 valence electrons. The lowest BCUT2D eigenvalue weighted by molar-refractivity contribution is 0.0678. The number of benzene rings is 4. The molecule has 5 aromatic rings.